The molecule has 0 bridgehead atoms. The monoisotopic (exact) mass is 258 g/mol. The highest BCUT2D eigenvalue weighted by molar-refractivity contribution is 4.87. The van der Waals surface area contributed by atoms with E-state index in [1.54, 1.807) is 0 Å². The molecule has 2 N–H and O–H groups in total. The minimum atomic E-state index is 0.163. The molecule has 0 aromatic carbocycles. The van der Waals surface area contributed by atoms with E-state index in [0.29, 0.717) is 12.6 Å². The van der Waals surface area contributed by atoms with Gasteiger partial charge in [0.2, 0.25) is 0 Å². The molecule has 0 saturated carbocycles. The van der Waals surface area contributed by atoms with Gasteiger partial charge in [0.15, 0.2) is 0 Å². The van der Waals surface area contributed by atoms with Gasteiger partial charge in [0.05, 0.1) is 25.9 Å². The van der Waals surface area contributed by atoms with E-state index in [4.69, 9.17) is 4.74 Å². The molecule has 1 rings (SSSR count). The van der Waals surface area contributed by atoms with Gasteiger partial charge in [-0.3, -0.25) is 4.90 Å². The Hall–Kier alpha value is -0.160. The maximum Gasteiger partial charge on any atom is 0.0644 e. The van der Waals surface area contributed by atoms with E-state index in [1.165, 1.54) is 0 Å². The lowest BCUT2D eigenvalue weighted by atomic mass is 9.84. The van der Waals surface area contributed by atoms with Crippen molar-refractivity contribution >= 4 is 0 Å². The van der Waals surface area contributed by atoms with E-state index < -0.39 is 0 Å². The van der Waals surface area contributed by atoms with Gasteiger partial charge in [-0.15, -0.1) is 0 Å². The van der Waals surface area contributed by atoms with Gasteiger partial charge in [-0.2, -0.15) is 0 Å². The van der Waals surface area contributed by atoms with Crippen molar-refractivity contribution in [2.24, 2.45) is 5.41 Å². The summed E-state index contributed by atoms with van der Waals surface area (Å²) in [5.41, 5.74) is 0.194. The average molecular weight is 258 g/mol. The largest absolute Gasteiger partial charge is 0.395 e. The lowest BCUT2D eigenvalue weighted by Gasteiger charge is -2.42. The number of aliphatic hydroxyl groups is 1. The first-order valence-electron chi connectivity index (χ1n) is 7.17. The van der Waals surface area contributed by atoms with Crippen molar-refractivity contribution in [2.75, 3.05) is 39.5 Å². The van der Waals surface area contributed by atoms with Crippen molar-refractivity contribution in [1.29, 1.82) is 0 Å². The minimum Gasteiger partial charge on any atom is -0.395 e. The third kappa shape index (κ3) is 4.50. The first-order valence-corrected chi connectivity index (χ1v) is 7.17. The molecular formula is C14H30N2O2. The lowest BCUT2D eigenvalue weighted by molar-refractivity contribution is -0.0441. The van der Waals surface area contributed by atoms with E-state index in [-0.39, 0.29) is 18.1 Å². The van der Waals surface area contributed by atoms with Crippen LogP contribution in [0.5, 0.6) is 0 Å². The predicted molar refractivity (Wildman–Crippen MR) is 74.8 cm³/mol. The zero-order chi connectivity index (χ0) is 13.6. The lowest BCUT2D eigenvalue weighted by Crippen LogP contribution is -2.54. The summed E-state index contributed by atoms with van der Waals surface area (Å²) in [4.78, 5) is 2.37. The van der Waals surface area contributed by atoms with Gasteiger partial charge in [0.1, 0.15) is 0 Å². The molecular weight excluding hydrogens is 228 g/mol. The van der Waals surface area contributed by atoms with Gasteiger partial charge in [0, 0.05) is 19.1 Å². The van der Waals surface area contributed by atoms with Crippen molar-refractivity contribution in [3.8, 4) is 0 Å². The highest BCUT2D eigenvalue weighted by Gasteiger charge is 2.32. The number of hydrogen-bond acceptors (Lipinski definition) is 4. The molecule has 0 spiro atoms. The molecule has 4 heteroatoms. The molecule has 0 radical (unpaired) electrons. The standard InChI is InChI=1S/C14H30N2O2/c1-5-6-15-12(2)14(3,4)11-16-7-8-18-10-13(16)9-17/h12-13,15,17H,5-11H2,1-4H3. The summed E-state index contributed by atoms with van der Waals surface area (Å²) in [7, 11) is 0. The summed E-state index contributed by atoms with van der Waals surface area (Å²) in [6.45, 7) is 13.7. The number of aliphatic hydroxyl groups excluding tert-OH is 1. The van der Waals surface area contributed by atoms with Crippen molar-refractivity contribution in [1.82, 2.24) is 10.2 Å². The fraction of sp³-hybridized carbons (Fsp3) is 1.00. The molecule has 0 aliphatic carbocycles. The third-order valence-corrected chi connectivity index (χ3v) is 4.04. The molecule has 2 atom stereocenters. The summed E-state index contributed by atoms with van der Waals surface area (Å²) in [5, 5.41) is 13.0. The second kappa shape index (κ2) is 7.43. The highest BCUT2D eigenvalue weighted by Crippen LogP contribution is 2.24. The van der Waals surface area contributed by atoms with E-state index in [2.05, 4.69) is 37.9 Å². The minimum absolute atomic E-state index is 0.163. The summed E-state index contributed by atoms with van der Waals surface area (Å²) in [6, 6.07) is 0.635. The highest BCUT2D eigenvalue weighted by atomic mass is 16.5. The Kier molecular flexibility index (Phi) is 6.57. The number of nitrogens with zero attached hydrogens (tertiary/aromatic N) is 1. The summed E-state index contributed by atoms with van der Waals surface area (Å²) in [5.74, 6) is 0. The van der Waals surface area contributed by atoms with Crippen LogP contribution in [0.25, 0.3) is 0 Å². The number of ether oxygens (including phenoxy) is 1. The molecule has 4 nitrogen and oxygen atoms in total. The Labute approximate surface area is 112 Å². The molecule has 1 aliphatic rings. The van der Waals surface area contributed by atoms with Crippen molar-refractivity contribution < 1.29 is 9.84 Å². The molecule has 2 unspecified atom stereocenters. The van der Waals surface area contributed by atoms with Crippen LogP contribution in [0, 0.1) is 5.41 Å². The van der Waals surface area contributed by atoms with Gasteiger partial charge in [-0.25, -0.2) is 0 Å². The van der Waals surface area contributed by atoms with Crippen LogP contribution in [0.15, 0.2) is 0 Å². The molecule has 1 saturated heterocycles. The fourth-order valence-electron chi connectivity index (χ4n) is 2.36. The first-order chi connectivity index (χ1) is 8.51. The fourth-order valence-corrected chi connectivity index (χ4v) is 2.36. The van der Waals surface area contributed by atoms with Gasteiger partial charge >= 0.3 is 0 Å². The number of nitrogens with one attached hydrogen (secondary N) is 1. The zero-order valence-electron chi connectivity index (χ0n) is 12.4. The SMILES string of the molecule is CCCNC(C)C(C)(C)CN1CCOCC1CO. The van der Waals surface area contributed by atoms with Crippen LogP contribution >= 0.6 is 0 Å². The number of hydrogen-bond donors (Lipinski definition) is 2. The maximum atomic E-state index is 9.40. The Morgan fingerprint density at radius 2 is 2.22 bits per heavy atom. The van der Waals surface area contributed by atoms with Crippen LogP contribution in [0.4, 0.5) is 0 Å². The van der Waals surface area contributed by atoms with Crippen LogP contribution in [0.2, 0.25) is 0 Å². The van der Waals surface area contributed by atoms with Crippen LogP contribution in [0.3, 0.4) is 0 Å². The Balaban J connectivity index is 2.51. The molecule has 1 aliphatic heterocycles. The second-order valence-corrected chi connectivity index (χ2v) is 6.05. The molecule has 108 valence electrons. The van der Waals surface area contributed by atoms with E-state index in [0.717, 1.165) is 32.7 Å². The smallest absolute Gasteiger partial charge is 0.0644 e. The van der Waals surface area contributed by atoms with E-state index >= 15 is 0 Å². The summed E-state index contributed by atoms with van der Waals surface area (Å²) in [6.07, 6.45) is 1.16. The topological polar surface area (TPSA) is 44.7 Å². The van der Waals surface area contributed by atoms with E-state index in [9.17, 15) is 5.11 Å². The predicted octanol–water partition coefficient (Wildman–Crippen LogP) is 1.09. The van der Waals surface area contributed by atoms with Gasteiger partial charge in [0.25, 0.3) is 0 Å². The summed E-state index contributed by atoms with van der Waals surface area (Å²) >= 11 is 0. The molecule has 1 heterocycles. The second-order valence-electron chi connectivity index (χ2n) is 6.05. The number of morpholine rings is 1. The molecule has 18 heavy (non-hydrogen) atoms. The zero-order valence-corrected chi connectivity index (χ0v) is 12.4. The third-order valence-electron chi connectivity index (χ3n) is 4.04. The van der Waals surface area contributed by atoms with Gasteiger partial charge in [-0.05, 0) is 25.3 Å². The summed E-state index contributed by atoms with van der Waals surface area (Å²) < 4.78 is 5.43. The Morgan fingerprint density at radius 1 is 1.50 bits per heavy atom. The maximum absolute atomic E-state index is 9.40. The molecule has 0 aromatic rings. The van der Waals surface area contributed by atoms with Gasteiger partial charge in [-0.1, -0.05) is 20.8 Å². The Bertz CT molecular complexity index is 234. The molecule has 0 amide bonds. The molecule has 0 aromatic heterocycles. The van der Waals surface area contributed by atoms with Crippen molar-refractivity contribution in [3.05, 3.63) is 0 Å². The van der Waals surface area contributed by atoms with Crippen molar-refractivity contribution in [2.45, 2.75) is 46.2 Å². The first kappa shape index (κ1) is 15.9. The van der Waals surface area contributed by atoms with Crippen LogP contribution in [-0.2, 0) is 4.74 Å². The average Bonchev–Trinajstić information content (AvgIpc) is 2.36. The number of rotatable bonds is 7. The van der Waals surface area contributed by atoms with Crippen molar-refractivity contribution in [3.63, 3.8) is 0 Å². The van der Waals surface area contributed by atoms with Crippen LogP contribution < -0.4 is 5.32 Å². The van der Waals surface area contributed by atoms with Crippen LogP contribution in [-0.4, -0.2) is 61.5 Å². The van der Waals surface area contributed by atoms with E-state index in [1.807, 2.05) is 0 Å². The Morgan fingerprint density at radius 3 is 2.83 bits per heavy atom. The quantitative estimate of drug-likeness (QED) is 0.717. The van der Waals surface area contributed by atoms with Gasteiger partial charge < -0.3 is 15.2 Å². The normalized spacial score (nSPS) is 24.2. The molecule has 1 fully saturated rings. The van der Waals surface area contributed by atoms with Crippen LogP contribution in [0.1, 0.15) is 34.1 Å².